The minimum Gasteiger partial charge on any atom is -0.385 e. The maximum absolute atomic E-state index is 11.5. The maximum Gasteiger partial charge on any atom is 0.166 e. The highest BCUT2D eigenvalue weighted by molar-refractivity contribution is 5.87. The van der Waals surface area contributed by atoms with E-state index in [-0.39, 0.29) is 5.78 Å². The Morgan fingerprint density at radius 2 is 1.75 bits per heavy atom. The van der Waals surface area contributed by atoms with E-state index in [2.05, 4.69) is 0 Å². The molecule has 0 bridgehead atoms. The van der Waals surface area contributed by atoms with Crippen molar-refractivity contribution in [1.82, 2.24) is 0 Å². The zero-order valence-electron chi connectivity index (χ0n) is 8.72. The van der Waals surface area contributed by atoms with Crippen LogP contribution in [-0.2, 0) is 4.79 Å². The van der Waals surface area contributed by atoms with E-state index in [1.165, 1.54) is 0 Å². The highest BCUT2D eigenvalue weighted by atomic mass is 16.3. The van der Waals surface area contributed by atoms with Gasteiger partial charge < -0.3 is 5.11 Å². The van der Waals surface area contributed by atoms with E-state index in [0.29, 0.717) is 12.3 Å². The van der Waals surface area contributed by atoms with Gasteiger partial charge in [0.2, 0.25) is 0 Å². The Hall–Kier alpha value is -0.370. The Kier molecular flexibility index (Phi) is 3.91. The molecule has 0 aliphatic rings. The Labute approximate surface area is 75.0 Å². The first-order valence-electron chi connectivity index (χ1n) is 4.47. The Balaban J connectivity index is 4.12. The second kappa shape index (κ2) is 4.04. The molecular weight excluding hydrogens is 152 g/mol. The van der Waals surface area contributed by atoms with Crippen LogP contribution in [0.15, 0.2) is 0 Å². The van der Waals surface area contributed by atoms with Crippen LogP contribution in [0.4, 0.5) is 0 Å². The lowest BCUT2D eigenvalue weighted by Gasteiger charge is -2.21. The third-order valence-corrected chi connectivity index (χ3v) is 1.74. The standard InChI is InChI=1S/C10H20O2/c1-7(2)6-8(11)9(12)10(3,4)5/h7-8,11H,6H2,1-5H3/t8-/m1/s1. The molecule has 2 nitrogen and oxygen atoms in total. The summed E-state index contributed by atoms with van der Waals surface area (Å²) < 4.78 is 0. The lowest BCUT2D eigenvalue weighted by atomic mass is 9.85. The molecule has 72 valence electrons. The molecular formula is C10H20O2. The molecule has 0 aromatic rings. The SMILES string of the molecule is CC(C)C[C@@H](O)C(=O)C(C)(C)C. The molecule has 0 saturated heterocycles. The summed E-state index contributed by atoms with van der Waals surface area (Å²) in [5.41, 5.74) is -0.422. The maximum atomic E-state index is 11.5. The molecule has 0 unspecified atom stereocenters. The van der Waals surface area contributed by atoms with E-state index in [1.54, 1.807) is 0 Å². The molecule has 0 rings (SSSR count). The zero-order valence-corrected chi connectivity index (χ0v) is 8.72. The normalized spacial score (nSPS) is 14.9. The van der Waals surface area contributed by atoms with Gasteiger partial charge in [-0.15, -0.1) is 0 Å². The number of hydrogen-bond acceptors (Lipinski definition) is 2. The number of carbonyl (C=O) groups excluding carboxylic acids is 1. The largest absolute Gasteiger partial charge is 0.385 e. The molecule has 12 heavy (non-hydrogen) atoms. The van der Waals surface area contributed by atoms with Crippen LogP contribution in [0.3, 0.4) is 0 Å². The van der Waals surface area contributed by atoms with Crippen molar-refractivity contribution < 1.29 is 9.90 Å². The second-order valence-corrected chi connectivity index (χ2v) is 4.76. The first-order valence-corrected chi connectivity index (χ1v) is 4.47. The molecule has 0 saturated carbocycles. The lowest BCUT2D eigenvalue weighted by Crippen LogP contribution is -2.33. The van der Waals surface area contributed by atoms with E-state index in [4.69, 9.17) is 0 Å². The van der Waals surface area contributed by atoms with Crippen LogP contribution in [0.25, 0.3) is 0 Å². The fourth-order valence-corrected chi connectivity index (χ4v) is 1.05. The Bertz CT molecular complexity index is 154. The summed E-state index contributed by atoms with van der Waals surface area (Å²) in [4.78, 5) is 11.5. The van der Waals surface area contributed by atoms with Gasteiger partial charge in [0.05, 0.1) is 0 Å². The smallest absolute Gasteiger partial charge is 0.166 e. The monoisotopic (exact) mass is 172 g/mol. The minimum atomic E-state index is -0.787. The van der Waals surface area contributed by atoms with Gasteiger partial charge in [-0.1, -0.05) is 34.6 Å². The summed E-state index contributed by atoms with van der Waals surface area (Å²) in [7, 11) is 0. The summed E-state index contributed by atoms with van der Waals surface area (Å²) >= 11 is 0. The molecule has 0 radical (unpaired) electrons. The third-order valence-electron chi connectivity index (χ3n) is 1.74. The highest BCUT2D eigenvalue weighted by Gasteiger charge is 2.28. The van der Waals surface area contributed by atoms with Gasteiger partial charge in [-0.25, -0.2) is 0 Å². The summed E-state index contributed by atoms with van der Waals surface area (Å²) in [6.45, 7) is 9.50. The molecule has 0 aromatic carbocycles. The topological polar surface area (TPSA) is 37.3 Å². The van der Waals surface area contributed by atoms with Gasteiger partial charge in [0, 0.05) is 5.41 Å². The molecule has 0 fully saturated rings. The average Bonchev–Trinajstić information content (AvgIpc) is 1.82. The average molecular weight is 172 g/mol. The quantitative estimate of drug-likeness (QED) is 0.707. The predicted octanol–water partition coefficient (Wildman–Crippen LogP) is 2.01. The Morgan fingerprint density at radius 1 is 1.33 bits per heavy atom. The summed E-state index contributed by atoms with van der Waals surface area (Å²) in [6, 6.07) is 0. The molecule has 0 amide bonds. The molecule has 1 N–H and O–H groups in total. The molecule has 2 heteroatoms. The van der Waals surface area contributed by atoms with Crippen LogP contribution < -0.4 is 0 Å². The van der Waals surface area contributed by atoms with E-state index in [0.717, 1.165) is 0 Å². The van der Waals surface area contributed by atoms with Crippen molar-refractivity contribution in [1.29, 1.82) is 0 Å². The van der Waals surface area contributed by atoms with Crippen molar-refractivity contribution in [2.24, 2.45) is 11.3 Å². The van der Waals surface area contributed by atoms with Crippen LogP contribution >= 0.6 is 0 Å². The zero-order chi connectivity index (χ0) is 9.94. The molecule has 0 aliphatic heterocycles. The van der Waals surface area contributed by atoms with E-state index in [9.17, 15) is 9.90 Å². The number of aliphatic hydroxyl groups is 1. The van der Waals surface area contributed by atoms with Crippen LogP contribution in [-0.4, -0.2) is 17.0 Å². The summed E-state index contributed by atoms with van der Waals surface area (Å²) in [6.07, 6.45) is -0.221. The van der Waals surface area contributed by atoms with Crippen molar-refractivity contribution in [3.63, 3.8) is 0 Å². The summed E-state index contributed by atoms with van der Waals surface area (Å²) in [5, 5.41) is 9.47. The van der Waals surface area contributed by atoms with Crippen LogP contribution in [0.1, 0.15) is 41.0 Å². The van der Waals surface area contributed by atoms with E-state index < -0.39 is 11.5 Å². The van der Waals surface area contributed by atoms with Crippen LogP contribution in [0, 0.1) is 11.3 Å². The van der Waals surface area contributed by atoms with Crippen molar-refractivity contribution in [2.45, 2.75) is 47.1 Å². The lowest BCUT2D eigenvalue weighted by molar-refractivity contribution is -0.135. The van der Waals surface area contributed by atoms with Crippen molar-refractivity contribution in [3.8, 4) is 0 Å². The number of ketones is 1. The van der Waals surface area contributed by atoms with E-state index >= 15 is 0 Å². The Morgan fingerprint density at radius 3 is 2.00 bits per heavy atom. The van der Waals surface area contributed by atoms with Gasteiger partial charge in [0.15, 0.2) is 5.78 Å². The van der Waals surface area contributed by atoms with Crippen LogP contribution in [0.5, 0.6) is 0 Å². The second-order valence-electron chi connectivity index (χ2n) is 4.76. The number of rotatable bonds is 3. The third kappa shape index (κ3) is 3.86. The number of Topliss-reactive ketones (excluding diaryl/α,β-unsaturated/α-hetero) is 1. The fraction of sp³-hybridized carbons (Fsp3) is 0.900. The van der Waals surface area contributed by atoms with Crippen molar-refractivity contribution in [3.05, 3.63) is 0 Å². The van der Waals surface area contributed by atoms with E-state index in [1.807, 2.05) is 34.6 Å². The molecule has 0 heterocycles. The fourth-order valence-electron chi connectivity index (χ4n) is 1.05. The predicted molar refractivity (Wildman–Crippen MR) is 49.9 cm³/mol. The van der Waals surface area contributed by atoms with Crippen LogP contribution in [0.2, 0.25) is 0 Å². The molecule has 0 spiro atoms. The molecule has 1 atom stereocenters. The first kappa shape index (κ1) is 11.6. The van der Waals surface area contributed by atoms with Gasteiger partial charge in [-0.3, -0.25) is 4.79 Å². The van der Waals surface area contributed by atoms with Gasteiger partial charge in [-0.2, -0.15) is 0 Å². The van der Waals surface area contributed by atoms with Gasteiger partial charge in [0.25, 0.3) is 0 Å². The first-order chi connectivity index (χ1) is 5.25. The highest BCUT2D eigenvalue weighted by Crippen LogP contribution is 2.19. The summed E-state index contributed by atoms with van der Waals surface area (Å²) in [5.74, 6) is 0.308. The van der Waals surface area contributed by atoms with Crippen molar-refractivity contribution >= 4 is 5.78 Å². The van der Waals surface area contributed by atoms with Crippen molar-refractivity contribution in [2.75, 3.05) is 0 Å². The molecule has 0 aromatic heterocycles. The van der Waals surface area contributed by atoms with Gasteiger partial charge >= 0.3 is 0 Å². The number of aliphatic hydroxyl groups excluding tert-OH is 1. The number of carbonyl (C=O) groups is 1. The number of hydrogen-bond donors (Lipinski definition) is 1. The minimum absolute atomic E-state index is 0.0591. The van der Waals surface area contributed by atoms with Gasteiger partial charge in [-0.05, 0) is 12.3 Å². The molecule has 0 aliphatic carbocycles. The van der Waals surface area contributed by atoms with Gasteiger partial charge in [0.1, 0.15) is 6.10 Å².